The highest BCUT2D eigenvalue weighted by atomic mass is 79.9. The number of sulfonamides is 1. The molecule has 2 N–H and O–H groups in total. The van der Waals surface area contributed by atoms with Gasteiger partial charge in [0.05, 0.1) is 14.9 Å². The number of hydrogen-bond acceptors (Lipinski definition) is 3. The number of halogens is 5. The molecule has 0 aliphatic rings. The van der Waals surface area contributed by atoms with Crippen molar-refractivity contribution in [1.82, 2.24) is 4.31 Å². The van der Waals surface area contributed by atoms with Crippen molar-refractivity contribution in [1.29, 1.82) is 0 Å². The first-order chi connectivity index (χ1) is 15.7. The van der Waals surface area contributed by atoms with Gasteiger partial charge in [-0.1, -0.05) is 75.5 Å². The summed E-state index contributed by atoms with van der Waals surface area (Å²) in [6.45, 7) is -0.329. The van der Waals surface area contributed by atoms with Gasteiger partial charge in [-0.2, -0.15) is 13.1 Å². The zero-order valence-electron chi connectivity index (χ0n) is 17.1. The molecule has 0 fully saturated rings. The quantitative estimate of drug-likeness (QED) is 0.287. The highest BCUT2D eigenvalue weighted by Gasteiger charge is 2.51. The van der Waals surface area contributed by atoms with Crippen LogP contribution in [0.4, 0.5) is 8.78 Å². The number of nitrogens with zero attached hydrogens (tertiary/aromatic N) is 1. The first-order valence-electron chi connectivity index (χ1n) is 9.45. The summed E-state index contributed by atoms with van der Waals surface area (Å²) in [5.74, 6) is 0. The molecule has 13 heteroatoms. The summed E-state index contributed by atoms with van der Waals surface area (Å²) in [5, 5.41) is 0.538. The fourth-order valence-electron chi connectivity index (χ4n) is 3.07. The molecule has 0 saturated heterocycles. The molecule has 0 unspecified atom stereocenters. The molecule has 3 rings (SSSR count). The normalized spacial score (nSPS) is 12.8. The molecule has 3 aromatic carbocycles. The second-order valence-corrected chi connectivity index (χ2v) is 12.5. The maximum atomic E-state index is 14.2. The highest BCUT2D eigenvalue weighted by molar-refractivity contribution is 9.10. The summed E-state index contributed by atoms with van der Waals surface area (Å²) in [4.78, 5) is 18.0. The van der Waals surface area contributed by atoms with Crippen LogP contribution in [0.25, 0.3) is 0 Å². The van der Waals surface area contributed by atoms with E-state index in [0.29, 0.717) is 16.1 Å². The Balaban J connectivity index is 2.01. The second-order valence-electron chi connectivity index (χ2n) is 7.23. The van der Waals surface area contributed by atoms with E-state index in [1.807, 2.05) is 0 Å². The zero-order chi connectivity index (χ0) is 25.3. The Bertz CT molecular complexity index is 1360. The molecule has 3 aromatic rings. The van der Waals surface area contributed by atoms with Crippen molar-refractivity contribution in [3.8, 4) is 0 Å². The van der Waals surface area contributed by atoms with Gasteiger partial charge < -0.3 is 9.79 Å². The average molecular weight is 615 g/mol. The molecule has 0 saturated carbocycles. The first kappa shape index (κ1) is 27.2. The van der Waals surface area contributed by atoms with E-state index in [4.69, 9.17) is 33.0 Å². The van der Waals surface area contributed by atoms with E-state index in [0.717, 1.165) is 10.4 Å². The van der Waals surface area contributed by atoms with E-state index < -0.39 is 28.8 Å². The summed E-state index contributed by atoms with van der Waals surface area (Å²) in [6.07, 6.45) is 0. The molecule has 0 aromatic heterocycles. The molecule has 0 heterocycles. The van der Waals surface area contributed by atoms with Crippen molar-refractivity contribution in [3.63, 3.8) is 0 Å². The van der Waals surface area contributed by atoms with Crippen molar-refractivity contribution in [2.45, 2.75) is 23.6 Å². The van der Waals surface area contributed by atoms with Gasteiger partial charge in [-0.05, 0) is 41.5 Å². The van der Waals surface area contributed by atoms with Crippen LogP contribution in [-0.2, 0) is 33.3 Å². The van der Waals surface area contributed by atoms with Crippen LogP contribution in [0.15, 0.2) is 76.1 Å². The Morgan fingerprint density at radius 2 is 1.47 bits per heavy atom. The monoisotopic (exact) mass is 613 g/mol. The molecule has 0 spiro atoms. The summed E-state index contributed by atoms with van der Waals surface area (Å²) < 4.78 is 67.1. The van der Waals surface area contributed by atoms with E-state index in [-0.39, 0.29) is 27.5 Å². The minimum Gasteiger partial charge on any atom is -0.320 e. The predicted molar refractivity (Wildman–Crippen MR) is 129 cm³/mol. The summed E-state index contributed by atoms with van der Waals surface area (Å²) in [7, 11) is -9.80. The summed E-state index contributed by atoms with van der Waals surface area (Å²) in [6, 6.07) is 15.6. The van der Waals surface area contributed by atoms with Crippen LogP contribution in [-0.4, -0.2) is 22.5 Å². The fourth-order valence-corrected chi connectivity index (χ4v) is 6.17. The largest absolute Gasteiger partial charge is 0.399 e. The molecule has 34 heavy (non-hydrogen) atoms. The van der Waals surface area contributed by atoms with Crippen molar-refractivity contribution in [2.75, 3.05) is 0 Å². The molecule has 0 bridgehead atoms. The van der Waals surface area contributed by atoms with Gasteiger partial charge in [-0.15, -0.1) is 0 Å². The van der Waals surface area contributed by atoms with Gasteiger partial charge >= 0.3 is 13.3 Å². The van der Waals surface area contributed by atoms with Crippen molar-refractivity contribution < 1.29 is 31.6 Å². The molecular weight excluding hydrogens is 598 g/mol. The molecule has 0 aliphatic heterocycles. The molecular formula is C21H17BrCl2F2NO5PS. The number of hydrogen-bond donors (Lipinski definition) is 2. The van der Waals surface area contributed by atoms with Gasteiger partial charge in [0.15, 0.2) is 0 Å². The van der Waals surface area contributed by atoms with E-state index in [1.54, 1.807) is 24.3 Å². The minimum absolute atomic E-state index is 0.0266. The second kappa shape index (κ2) is 10.3. The molecule has 0 aliphatic carbocycles. The molecule has 182 valence electrons. The Kier molecular flexibility index (Phi) is 8.27. The van der Waals surface area contributed by atoms with Crippen LogP contribution in [0.2, 0.25) is 10.0 Å². The Morgan fingerprint density at radius 3 is 2.00 bits per heavy atom. The van der Waals surface area contributed by atoms with Crippen LogP contribution in [0.5, 0.6) is 0 Å². The Hall–Kier alpha value is -1.36. The first-order valence-corrected chi connectivity index (χ1v) is 14.0. The summed E-state index contributed by atoms with van der Waals surface area (Å²) >= 11 is 14.9. The topological polar surface area (TPSA) is 94.9 Å². The number of rotatable bonds is 8. The van der Waals surface area contributed by atoms with Crippen LogP contribution < -0.4 is 0 Å². The minimum atomic E-state index is -5.77. The number of benzene rings is 3. The molecule has 6 nitrogen and oxygen atoms in total. The van der Waals surface area contributed by atoms with Gasteiger partial charge in [-0.25, -0.2) is 8.42 Å². The summed E-state index contributed by atoms with van der Waals surface area (Å²) in [5.41, 5.74) is -4.49. The average Bonchev–Trinajstić information content (AvgIpc) is 2.75. The van der Waals surface area contributed by atoms with Crippen LogP contribution >= 0.6 is 46.7 Å². The molecule has 0 radical (unpaired) electrons. The lowest BCUT2D eigenvalue weighted by Gasteiger charge is -2.24. The van der Waals surface area contributed by atoms with E-state index in [2.05, 4.69) is 15.9 Å². The van der Waals surface area contributed by atoms with Crippen molar-refractivity contribution >= 4 is 56.8 Å². The maximum Gasteiger partial charge on any atom is 0.399 e. The van der Waals surface area contributed by atoms with Crippen molar-refractivity contribution in [2.24, 2.45) is 0 Å². The third-order valence-corrected chi connectivity index (χ3v) is 8.98. The maximum absolute atomic E-state index is 14.2. The highest BCUT2D eigenvalue weighted by Crippen LogP contribution is 2.60. The van der Waals surface area contributed by atoms with Gasteiger partial charge in [0.2, 0.25) is 10.0 Å². The lowest BCUT2D eigenvalue weighted by Crippen LogP contribution is -2.30. The third kappa shape index (κ3) is 5.88. The number of alkyl halides is 2. The predicted octanol–water partition coefficient (Wildman–Crippen LogP) is 6.37. The van der Waals surface area contributed by atoms with Crippen LogP contribution in [0.1, 0.15) is 16.7 Å². The molecule has 0 amide bonds. The molecule has 0 atom stereocenters. The van der Waals surface area contributed by atoms with Crippen LogP contribution in [0.3, 0.4) is 0 Å². The smallest absolute Gasteiger partial charge is 0.320 e. The van der Waals surface area contributed by atoms with Crippen LogP contribution in [0, 0.1) is 0 Å². The fraction of sp³-hybridized carbons (Fsp3) is 0.143. The lowest BCUT2D eigenvalue weighted by molar-refractivity contribution is 0.0557. The van der Waals surface area contributed by atoms with E-state index in [1.165, 1.54) is 36.4 Å². The standard InChI is InChI=1S/C21H17BrCl2F2NO5PS/c22-18-10-14(6-8-17(18)21(25,26)33(28,29)30)12-27(13-15-7-9-19(23)20(24)11-15)34(31,32)16-4-2-1-3-5-16/h1-11H,12-13H2,(H2,28,29,30). The van der Waals surface area contributed by atoms with Gasteiger partial charge in [-0.3, -0.25) is 4.57 Å². The lowest BCUT2D eigenvalue weighted by atomic mass is 10.1. The van der Waals surface area contributed by atoms with E-state index >= 15 is 0 Å². The Labute approximate surface area is 213 Å². The SMILES string of the molecule is O=P(O)(O)C(F)(F)c1ccc(CN(Cc2ccc(Cl)c(Cl)c2)S(=O)(=O)c2ccccc2)cc1Br. The van der Waals surface area contributed by atoms with Gasteiger partial charge in [0.25, 0.3) is 0 Å². The van der Waals surface area contributed by atoms with E-state index in [9.17, 15) is 21.8 Å². The zero-order valence-corrected chi connectivity index (χ0v) is 21.9. The van der Waals surface area contributed by atoms with Gasteiger partial charge in [0.1, 0.15) is 0 Å². The third-order valence-electron chi connectivity index (χ3n) is 4.81. The Morgan fingerprint density at radius 1 is 0.912 bits per heavy atom. The van der Waals surface area contributed by atoms with Crippen molar-refractivity contribution in [3.05, 3.63) is 97.9 Å². The van der Waals surface area contributed by atoms with Gasteiger partial charge in [0, 0.05) is 23.1 Å².